The summed E-state index contributed by atoms with van der Waals surface area (Å²) in [4.78, 5) is 14.5. The van der Waals surface area contributed by atoms with E-state index >= 15 is 0 Å². The quantitative estimate of drug-likeness (QED) is 0.814. The first-order valence-electron chi connectivity index (χ1n) is 6.97. The topological polar surface area (TPSA) is 66.9 Å². The minimum absolute atomic E-state index is 0.117. The fourth-order valence-electron chi connectivity index (χ4n) is 2.24. The van der Waals surface area contributed by atoms with Crippen LogP contribution in [0.2, 0.25) is 0 Å². The van der Waals surface area contributed by atoms with Gasteiger partial charge in [-0.1, -0.05) is 0 Å². The van der Waals surface area contributed by atoms with Crippen molar-refractivity contribution in [1.82, 2.24) is 9.21 Å². The summed E-state index contributed by atoms with van der Waals surface area (Å²) < 4.78 is 31.9. The first-order valence-corrected chi connectivity index (χ1v) is 9.29. The number of rotatable bonds is 5. The molecule has 1 aliphatic rings. The minimum atomic E-state index is -3.63. The molecule has 0 saturated carbocycles. The van der Waals surface area contributed by atoms with Crippen LogP contribution in [0.25, 0.3) is 0 Å². The number of carbonyl (C=O) groups is 1. The molecule has 118 valence electrons. The SMILES string of the molecule is CCN(CC)C(=O)c1sccc1S(=O)(=O)N1CCOCC1. The third kappa shape index (κ3) is 3.28. The molecular formula is C13H20N2O4S2. The molecule has 1 aromatic rings. The third-order valence-electron chi connectivity index (χ3n) is 3.46. The smallest absolute Gasteiger partial charge is 0.265 e. The lowest BCUT2D eigenvalue weighted by atomic mass is 10.4. The molecule has 0 N–H and O–H groups in total. The predicted molar refractivity (Wildman–Crippen MR) is 81.1 cm³/mol. The first-order chi connectivity index (χ1) is 10.0. The molecule has 0 unspecified atom stereocenters. The molecule has 6 nitrogen and oxygen atoms in total. The molecule has 1 fully saturated rings. The number of sulfonamides is 1. The van der Waals surface area contributed by atoms with Crippen LogP contribution in [0.5, 0.6) is 0 Å². The maximum Gasteiger partial charge on any atom is 0.265 e. The second-order valence-electron chi connectivity index (χ2n) is 4.61. The average molecular weight is 332 g/mol. The number of thiophene rings is 1. The summed E-state index contributed by atoms with van der Waals surface area (Å²) in [6, 6.07) is 1.52. The highest BCUT2D eigenvalue weighted by Crippen LogP contribution is 2.27. The van der Waals surface area contributed by atoms with Gasteiger partial charge in [0.25, 0.3) is 5.91 Å². The summed E-state index contributed by atoms with van der Waals surface area (Å²) >= 11 is 1.18. The van der Waals surface area contributed by atoms with Crippen molar-refractivity contribution in [2.45, 2.75) is 18.7 Å². The Balaban J connectivity index is 2.33. The van der Waals surface area contributed by atoms with Crippen molar-refractivity contribution in [2.24, 2.45) is 0 Å². The van der Waals surface area contributed by atoms with Gasteiger partial charge in [-0.3, -0.25) is 4.79 Å². The van der Waals surface area contributed by atoms with Crippen molar-refractivity contribution >= 4 is 27.3 Å². The van der Waals surface area contributed by atoms with Crippen molar-refractivity contribution in [2.75, 3.05) is 39.4 Å². The summed E-state index contributed by atoms with van der Waals surface area (Å²) in [6.45, 7) is 6.32. The van der Waals surface area contributed by atoms with E-state index in [1.807, 2.05) is 13.8 Å². The highest BCUT2D eigenvalue weighted by Gasteiger charge is 2.32. The van der Waals surface area contributed by atoms with Crippen LogP contribution in [0.4, 0.5) is 0 Å². The first kappa shape index (κ1) is 16.4. The number of morpholine rings is 1. The van der Waals surface area contributed by atoms with Crippen molar-refractivity contribution in [1.29, 1.82) is 0 Å². The molecule has 0 bridgehead atoms. The van der Waals surface area contributed by atoms with Gasteiger partial charge in [-0.05, 0) is 25.3 Å². The molecule has 2 rings (SSSR count). The Kier molecular flexibility index (Phi) is 5.37. The fraction of sp³-hybridized carbons (Fsp3) is 0.615. The Morgan fingerprint density at radius 3 is 2.52 bits per heavy atom. The number of hydrogen-bond acceptors (Lipinski definition) is 5. The zero-order valence-electron chi connectivity index (χ0n) is 12.2. The molecular weight excluding hydrogens is 312 g/mol. The van der Waals surface area contributed by atoms with Crippen LogP contribution in [0.1, 0.15) is 23.5 Å². The lowest BCUT2D eigenvalue weighted by molar-refractivity contribution is 0.0727. The maximum atomic E-state index is 12.7. The Bertz CT molecular complexity index is 587. The van der Waals surface area contributed by atoms with Gasteiger partial charge < -0.3 is 9.64 Å². The van der Waals surface area contributed by atoms with E-state index < -0.39 is 10.0 Å². The minimum Gasteiger partial charge on any atom is -0.379 e. The summed E-state index contributed by atoms with van der Waals surface area (Å²) in [7, 11) is -3.63. The van der Waals surface area contributed by atoms with Gasteiger partial charge in [-0.2, -0.15) is 4.31 Å². The standard InChI is InChI=1S/C13H20N2O4S2/c1-3-14(4-2)13(16)12-11(5-10-20-12)21(17,18)15-6-8-19-9-7-15/h5,10H,3-4,6-9H2,1-2H3. The Hall–Kier alpha value is -0.960. The van der Waals surface area contributed by atoms with E-state index in [2.05, 4.69) is 0 Å². The van der Waals surface area contributed by atoms with E-state index in [9.17, 15) is 13.2 Å². The summed E-state index contributed by atoms with van der Waals surface area (Å²) in [5.41, 5.74) is 0. The largest absolute Gasteiger partial charge is 0.379 e. The van der Waals surface area contributed by atoms with Gasteiger partial charge >= 0.3 is 0 Å². The molecule has 8 heteroatoms. The molecule has 0 spiro atoms. The van der Waals surface area contributed by atoms with E-state index in [-0.39, 0.29) is 10.8 Å². The highest BCUT2D eigenvalue weighted by molar-refractivity contribution is 7.89. The summed E-state index contributed by atoms with van der Waals surface area (Å²) in [5, 5.41) is 1.66. The molecule has 0 atom stereocenters. The second kappa shape index (κ2) is 6.87. The Labute approximate surface area is 129 Å². The van der Waals surface area contributed by atoms with Crippen LogP contribution in [-0.4, -0.2) is 62.9 Å². The predicted octanol–water partition coefficient (Wildman–Crippen LogP) is 1.25. The van der Waals surface area contributed by atoms with Gasteiger partial charge in [0.15, 0.2) is 0 Å². The number of hydrogen-bond donors (Lipinski definition) is 0. The van der Waals surface area contributed by atoms with Crippen LogP contribution in [0.15, 0.2) is 16.3 Å². The van der Waals surface area contributed by atoms with E-state index in [1.54, 1.807) is 10.3 Å². The number of carbonyl (C=O) groups excluding carboxylic acids is 1. The third-order valence-corrected chi connectivity index (χ3v) is 6.43. The van der Waals surface area contributed by atoms with Crippen molar-refractivity contribution in [3.8, 4) is 0 Å². The second-order valence-corrected chi connectivity index (χ2v) is 7.43. The molecule has 0 aromatic carbocycles. The zero-order valence-corrected chi connectivity index (χ0v) is 13.9. The normalized spacial score (nSPS) is 16.9. The molecule has 1 aliphatic heterocycles. The number of nitrogens with zero attached hydrogens (tertiary/aromatic N) is 2. The molecule has 0 aliphatic carbocycles. The molecule has 0 radical (unpaired) electrons. The summed E-state index contributed by atoms with van der Waals surface area (Å²) in [6.07, 6.45) is 0. The van der Waals surface area contributed by atoms with Gasteiger partial charge in [-0.15, -0.1) is 11.3 Å². The van der Waals surface area contributed by atoms with Crippen molar-refractivity contribution < 1.29 is 17.9 Å². The Morgan fingerprint density at radius 1 is 1.33 bits per heavy atom. The highest BCUT2D eigenvalue weighted by atomic mass is 32.2. The van der Waals surface area contributed by atoms with Crippen LogP contribution in [0.3, 0.4) is 0 Å². The Morgan fingerprint density at radius 2 is 1.95 bits per heavy atom. The molecule has 21 heavy (non-hydrogen) atoms. The zero-order chi connectivity index (χ0) is 15.5. The van der Waals surface area contributed by atoms with Gasteiger partial charge in [0.05, 0.1) is 13.2 Å². The van der Waals surface area contributed by atoms with Gasteiger partial charge in [0.1, 0.15) is 9.77 Å². The number of amides is 1. The van der Waals surface area contributed by atoms with Gasteiger partial charge in [-0.25, -0.2) is 8.42 Å². The lowest BCUT2D eigenvalue weighted by Gasteiger charge is -2.26. The van der Waals surface area contributed by atoms with Gasteiger partial charge in [0, 0.05) is 26.2 Å². The maximum absolute atomic E-state index is 12.7. The van der Waals surface area contributed by atoms with Crippen molar-refractivity contribution in [3.63, 3.8) is 0 Å². The molecule has 1 aromatic heterocycles. The molecule has 1 amide bonds. The summed E-state index contributed by atoms with van der Waals surface area (Å²) in [5.74, 6) is -0.221. The average Bonchev–Trinajstić information content (AvgIpc) is 2.99. The van der Waals surface area contributed by atoms with Crippen molar-refractivity contribution in [3.05, 3.63) is 16.3 Å². The lowest BCUT2D eigenvalue weighted by Crippen LogP contribution is -2.41. The van der Waals surface area contributed by atoms with E-state index in [4.69, 9.17) is 4.74 Å². The van der Waals surface area contributed by atoms with Crippen LogP contribution in [-0.2, 0) is 14.8 Å². The van der Waals surface area contributed by atoms with Crippen LogP contribution in [0, 0.1) is 0 Å². The van der Waals surface area contributed by atoms with E-state index in [0.717, 1.165) is 0 Å². The van der Waals surface area contributed by atoms with E-state index in [0.29, 0.717) is 44.3 Å². The number of ether oxygens (including phenoxy) is 1. The van der Waals surface area contributed by atoms with Crippen LogP contribution >= 0.6 is 11.3 Å². The monoisotopic (exact) mass is 332 g/mol. The van der Waals surface area contributed by atoms with Crippen LogP contribution < -0.4 is 0 Å². The van der Waals surface area contributed by atoms with Gasteiger partial charge in [0.2, 0.25) is 10.0 Å². The fourth-order valence-corrected chi connectivity index (χ4v) is 5.01. The molecule has 1 saturated heterocycles. The molecule has 2 heterocycles. The van der Waals surface area contributed by atoms with E-state index in [1.165, 1.54) is 21.7 Å².